The number of carbonyl (C=O) groups is 2. The van der Waals surface area contributed by atoms with E-state index >= 15 is 0 Å². The van der Waals surface area contributed by atoms with Crippen molar-refractivity contribution in [2.45, 2.75) is 0 Å². The minimum Gasteiger partial charge on any atom is -0.493 e. The van der Waals surface area contributed by atoms with Crippen molar-refractivity contribution in [2.24, 2.45) is 5.10 Å². The SMILES string of the molecule is COc1ccc(C(=O)Oc2ccc(/C=N/NC(=O)COc3ccc(Cl)cc3)cc2OC)cc1OC. The van der Waals surface area contributed by atoms with E-state index in [-0.39, 0.29) is 17.9 Å². The fraction of sp³-hybridized carbons (Fsp3) is 0.160. The van der Waals surface area contributed by atoms with E-state index < -0.39 is 11.9 Å². The topological polar surface area (TPSA) is 105 Å². The summed E-state index contributed by atoms with van der Waals surface area (Å²) >= 11 is 5.81. The molecule has 0 saturated carbocycles. The van der Waals surface area contributed by atoms with Gasteiger partial charge in [0.25, 0.3) is 5.91 Å². The zero-order chi connectivity index (χ0) is 25.2. The van der Waals surface area contributed by atoms with Crippen LogP contribution in [0.25, 0.3) is 0 Å². The zero-order valence-corrected chi connectivity index (χ0v) is 20.0. The number of methoxy groups -OCH3 is 3. The second-order valence-corrected chi connectivity index (χ2v) is 7.34. The number of hydrogen-bond donors (Lipinski definition) is 1. The van der Waals surface area contributed by atoms with Crippen LogP contribution in [0.5, 0.6) is 28.7 Å². The van der Waals surface area contributed by atoms with Crippen molar-refractivity contribution in [2.75, 3.05) is 27.9 Å². The summed E-state index contributed by atoms with van der Waals surface area (Å²) in [5.74, 6) is 0.888. The van der Waals surface area contributed by atoms with Gasteiger partial charge in [0.2, 0.25) is 0 Å². The van der Waals surface area contributed by atoms with Crippen molar-refractivity contribution >= 4 is 29.7 Å². The fourth-order valence-electron chi connectivity index (χ4n) is 2.86. The smallest absolute Gasteiger partial charge is 0.343 e. The largest absolute Gasteiger partial charge is 0.493 e. The Labute approximate surface area is 207 Å². The first-order chi connectivity index (χ1) is 16.9. The van der Waals surface area contributed by atoms with E-state index in [4.69, 9.17) is 35.3 Å². The first-order valence-corrected chi connectivity index (χ1v) is 10.6. The maximum absolute atomic E-state index is 12.6. The molecule has 3 aromatic carbocycles. The number of ether oxygens (including phenoxy) is 5. The molecule has 0 spiro atoms. The Kier molecular flexibility index (Phi) is 8.91. The summed E-state index contributed by atoms with van der Waals surface area (Å²) < 4.78 is 26.5. The monoisotopic (exact) mass is 498 g/mol. The lowest BCUT2D eigenvalue weighted by molar-refractivity contribution is -0.123. The molecule has 1 N–H and O–H groups in total. The Balaban J connectivity index is 1.59. The number of rotatable bonds is 10. The highest BCUT2D eigenvalue weighted by atomic mass is 35.5. The van der Waals surface area contributed by atoms with E-state index in [1.54, 1.807) is 54.6 Å². The van der Waals surface area contributed by atoms with Gasteiger partial charge in [-0.25, -0.2) is 10.2 Å². The average Bonchev–Trinajstić information content (AvgIpc) is 2.88. The number of halogens is 1. The van der Waals surface area contributed by atoms with Crippen molar-refractivity contribution in [3.05, 3.63) is 76.8 Å². The molecule has 3 rings (SSSR count). The van der Waals surface area contributed by atoms with Gasteiger partial charge in [0.1, 0.15) is 5.75 Å². The molecule has 3 aromatic rings. The third-order valence-corrected chi connectivity index (χ3v) is 4.85. The number of nitrogens with one attached hydrogen (secondary N) is 1. The Morgan fingerprint density at radius 2 is 1.51 bits per heavy atom. The molecule has 0 heterocycles. The van der Waals surface area contributed by atoms with Crippen molar-refractivity contribution < 1.29 is 33.3 Å². The molecule has 0 aliphatic carbocycles. The summed E-state index contributed by atoms with van der Waals surface area (Å²) in [7, 11) is 4.43. The van der Waals surface area contributed by atoms with Crippen molar-refractivity contribution in [3.8, 4) is 28.7 Å². The number of esters is 1. The number of carbonyl (C=O) groups excluding carboxylic acids is 2. The number of benzene rings is 3. The van der Waals surface area contributed by atoms with E-state index in [2.05, 4.69) is 10.5 Å². The van der Waals surface area contributed by atoms with Gasteiger partial charge in [-0.1, -0.05) is 11.6 Å². The average molecular weight is 499 g/mol. The molecule has 0 bridgehead atoms. The number of amides is 1. The van der Waals surface area contributed by atoms with E-state index in [1.165, 1.54) is 33.6 Å². The first-order valence-electron chi connectivity index (χ1n) is 10.3. The predicted octanol–water partition coefficient (Wildman–Crippen LogP) is 4.11. The minimum atomic E-state index is -0.598. The van der Waals surface area contributed by atoms with E-state index in [1.807, 2.05) is 0 Å². The van der Waals surface area contributed by atoms with Gasteiger partial charge >= 0.3 is 5.97 Å². The van der Waals surface area contributed by atoms with Gasteiger partial charge in [-0.2, -0.15) is 5.10 Å². The van der Waals surface area contributed by atoms with E-state index in [9.17, 15) is 9.59 Å². The Morgan fingerprint density at radius 1 is 0.857 bits per heavy atom. The molecule has 0 aromatic heterocycles. The summed E-state index contributed by atoms with van der Waals surface area (Å²) in [6.07, 6.45) is 1.42. The summed E-state index contributed by atoms with van der Waals surface area (Å²) in [5, 5.41) is 4.47. The maximum atomic E-state index is 12.6. The molecule has 0 aliphatic heterocycles. The molecule has 1 amide bonds. The molecule has 0 aliphatic rings. The number of nitrogens with zero attached hydrogens (tertiary/aromatic N) is 1. The Morgan fingerprint density at radius 3 is 2.20 bits per heavy atom. The van der Waals surface area contributed by atoms with Crippen LogP contribution < -0.4 is 29.1 Å². The lowest BCUT2D eigenvalue weighted by Gasteiger charge is -2.11. The van der Waals surface area contributed by atoms with Gasteiger partial charge in [-0.15, -0.1) is 0 Å². The minimum absolute atomic E-state index is 0.213. The second-order valence-electron chi connectivity index (χ2n) is 6.91. The predicted molar refractivity (Wildman–Crippen MR) is 130 cm³/mol. The summed E-state index contributed by atoms with van der Waals surface area (Å²) in [6.45, 7) is -0.215. The highest BCUT2D eigenvalue weighted by molar-refractivity contribution is 6.30. The van der Waals surface area contributed by atoms with Crippen LogP contribution in [-0.2, 0) is 4.79 Å². The Bertz CT molecular complexity index is 1210. The van der Waals surface area contributed by atoms with Crippen LogP contribution in [0.2, 0.25) is 5.02 Å². The second kappa shape index (κ2) is 12.3. The normalized spacial score (nSPS) is 10.5. The number of hydrogen-bond acceptors (Lipinski definition) is 8. The quantitative estimate of drug-likeness (QED) is 0.194. The van der Waals surface area contributed by atoms with Crippen LogP contribution in [0.1, 0.15) is 15.9 Å². The van der Waals surface area contributed by atoms with Crippen LogP contribution in [0, 0.1) is 0 Å². The molecular weight excluding hydrogens is 476 g/mol. The molecule has 9 nitrogen and oxygen atoms in total. The molecule has 0 saturated heterocycles. The standard InChI is InChI=1S/C25H23ClN2O7/c1-31-20-11-5-17(13-23(20)33-3)25(30)35-21-10-4-16(12-22(21)32-2)14-27-28-24(29)15-34-19-8-6-18(26)7-9-19/h4-14H,15H2,1-3H3,(H,28,29)/b27-14+. The molecule has 0 unspecified atom stereocenters. The highest BCUT2D eigenvalue weighted by Gasteiger charge is 2.15. The first kappa shape index (κ1) is 25.4. The summed E-state index contributed by atoms with van der Waals surface area (Å²) in [6, 6.07) is 16.2. The van der Waals surface area contributed by atoms with Crippen molar-refractivity contribution in [1.82, 2.24) is 5.43 Å². The van der Waals surface area contributed by atoms with Gasteiger partial charge in [0.05, 0.1) is 33.1 Å². The lowest BCUT2D eigenvalue weighted by Crippen LogP contribution is -2.24. The van der Waals surface area contributed by atoms with Gasteiger partial charge in [-0.05, 0) is 66.2 Å². The third-order valence-electron chi connectivity index (χ3n) is 4.60. The molecule has 35 heavy (non-hydrogen) atoms. The van der Waals surface area contributed by atoms with Gasteiger partial charge < -0.3 is 23.7 Å². The fourth-order valence-corrected chi connectivity index (χ4v) is 2.99. The maximum Gasteiger partial charge on any atom is 0.343 e. The molecule has 182 valence electrons. The molecule has 0 fully saturated rings. The van der Waals surface area contributed by atoms with Crippen LogP contribution in [0.3, 0.4) is 0 Å². The van der Waals surface area contributed by atoms with Crippen molar-refractivity contribution in [1.29, 1.82) is 0 Å². The summed E-state index contributed by atoms with van der Waals surface area (Å²) in [4.78, 5) is 24.5. The molecule has 10 heteroatoms. The van der Waals surface area contributed by atoms with Crippen LogP contribution in [0.4, 0.5) is 0 Å². The Hall–Kier alpha value is -4.24. The lowest BCUT2D eigenvalue weighted by atomic mass is 10.2. The molecule has 0 radical (unpaired) electrons. The van der Waals surface area contributed by atoms with Gasteiger partial charge in [0, 0.05) is 5.02 Å². The van der Waals surface area contributed by atoms with E-state index in [0.717, 1.165) is 0 Å². The summed E-state index contributed by atoms with van der Waals surface area (Å²) in [5.41, 5.74) is 3.25. The van der Waals surface area contributed by atoms with Crippen LogP contribution in [-0.4, -0.2) is 46.0 Å². The van der Waals surface area contributed by atoms with Crippen LogP contribution >= 0.6 is 11.6 Å². The van der Waals surface area contributed by atoms with Gasteiger partial charge in [-0.3, -0.25) is 4.79 Å². The highest BCUT2D eigenvalue weighted by Crippen LogP contribution is 2.31. The van der Waals surface area contributed by atoms with Crippen molar-refractivity contribution in [3.63, 3.8) is 0 Å². The van der Waals surface area contributed by atoms with Gasteiger partial charge in [0.15, 0.2) is 29.6 Å². The van der Waals surface area contributed by atoms with E-state index in [0.29, 0.717) is 33.6 Å². The third kappa shape index (κ3) is 7.12. The van der Waals surface area contributed by atoms with Crippen LogP contribution in [0.15, 0.2) is 65.8 Å². The zero-order valence-electron chi connectivity index (χ0n) is 19.2. The molecule has 0 atom stereocenters. The molecular formula is C25H23ClN2O7. The number of hydrazone groups is 1.